The van der Waals surface area contributed by atoms with Crippen LogP contribution in [-0.4, -0.2) is 49.1 Å². The third-order valence-electron chi connectivity index (χ3n) is 4.70. The minimum atomic E-state index is -4.33. The Morgan fingerprint density at radius 2 is 1.88 bits per heavy atom. The summed E-state index contributed by atoms with van der Waals surface area (Å²) < 4.78 is 38.5. The lowest BCUT2D eigenvalue weighted by Crippen LogP contribution is -2.54. The molecule has 1 N–H and O–H groups in total. The molecule has 3 rings (SSSR count). The normalized spacial score (nSPS) is 20.8. The van der Waals surface area contributed by atoms with Crippen molar-refractivity contribution in [1.82, 2.24) is 10.2 Å². The number of hydrogen-bond acceptors (Lipinski definition) is 3. The van der Waals surface area contributed by atoms with Crippen molar-refractivity contribution in [2.45, 2.75) is 38.0 Å². The van der Waals surface area contributed by atoms with Crippen LogP contribution in [0, 0.1) is 0 Å². The van der Waals surface area contributed by atoms with Gasteiger partial charge in [0.15, 0.2) is 0 Å². The highest BCUT2D eigenvalue weighted by Gasteiger charge is 2.32. The smallest absolute Gasteiger partial charge is 0.369 e. The van der Waals surface area contributed by atoms with E-state index in [0.29, 0.717) is 37.9 Å². The standard InChI is InChI=1S/C17H22F3N3O/c1-12(16(24)21-14-5-6-14)22-7-9-23(10-8-22)15-4-2-3-13(11-15)17(18,19)20/h2-4,11-12,14H,5-10H2,1H3,(H,21,24)/t12-/m1/s1. The average molecular weight is 341 g/mol. The SMILES string of the molecule is C[C@H](C(=O)NC1CC1)N1CCN(c2cccc(C(F)(F)F)c2)CC1. The summed E-state index contributed by atoms with van der Waals surface area (Å²) in [6.45, 7) is 4.44. The van der Waals surface area contributed by atoms with Gasteiger partial charge in [0.25, 0.3) is 0 Å². The Balaban J connectivity index is 1.57. The number of benzene rings is 1. The van der Waals surface area contributed by atoms with Crippen molar-refractivity contribution in [2.24, 2.45) is 0 Å². The molecule has 1 aliphatic carbocycles. The minimum Gasteiger partial charge on any atom is -0.369 e. The first-order valence-corrected chi connectivity index (χ1v) is 8.31. The maximum absolute atomic E-state index is 12.8. The van der Waals surface area contributed by atoms with Gasteiger partial charge in [-0.1, -0.05) is 6.07 Å². The molecule has 1 aliphatic heterocycles. The second-order valence-corrected chi connectivity index (χ2v) is 6.53. The molecule has 0 aromatic heterocycles. The van der Waals surface area contributed by atoms with Crippen LogP contribution < -0.4 is 10.2 Å². The summed E-state index contributed by atoms with van der Waals surface area (Å²) in [6, 6.07) is 5.56. The molecule has 1 saturated carbocycles. The summed E-state index contributed by atoms with van der Waals surface area (Å²) in [4.78, 5) is 16.1. The largest absolute Gasteiger partial charge is 0.416 e. The zero-order valence-corrected chi connectivity index (χ0v) is 13.6. The first-order chi connectivity index (χ1) is 11.3. The topological polar surface area (TPSA) is 35.6 Å². The fourth-order valence-corrected chi connectivity index (χ4v) is 2.96. The highest BCUT2D eigenvalue weighted by molar-refractivity contribution is 5.81. The molecule has 7 heteroatoms. The number of alkyl halides is 3. The Labute approximate surface area is 139 Å². The second-order valence-electron chi connectivity index (χ2n) is 6.53. The molecule has 1 atom stereocenters. The monoisotopic (exact) mass is 341 g/mol. The molecule has 1 aromatic rings. The third-order valence-corrected chi connectivity index (χ3v) is 4.70. The Bertz CT molecular complexity index is 593. The van der Waals surface area contributed by atoms with E-state index in [1.807, 2.05) is 11.8 Å². The maximum Gasteiger partial charge on any atom is 0.416 e. The van der Waals surface area contributed by atoms with Crippen molar-refractivity contribution in [3.63, 3.8) is 0 Å². The number of amides is 1. The van der Waals surface area contributed by atoms with E-state index in [9.17, 15) is 18.0 Å². The number of halogens is 3. The highest BCUT2D eigenvalue weighted by Crippen LogP contribution is 2.32. The second kappa shape index (κ2) is 6.63. The quantitative estimate of drug-likeness (QED) is 0.914. The Hall–Kier alpha value is -1.76. The number of nitrogens with zero attached hydrogens (tertiary/aromatic N) is 2. The van der Waals surface area contributed by atoms with Crippen molar-refractivity contribution in [3.8, 4) is 0 Å². The van der Waals surface area contributed by atoms with Gasteiger partial charge >= 0.3 is 6.18 Å². The zero-order chi connectivity index (χ0) is 17.3. The van der Waals surface area contributed by atoms with Gasteiger partial charge in [-0.15, -0.1) is 0 Å². The Morgan fingerprint density at radius 1 is 1.21 bits per heavy atom. The van der Waals surface area contributed by atoms with Crippen LogP contribution in [0.3, 0.4) is 0 Å². The van der Waals surface area contributed by atoms with Crippen molar-refractivity contribution < 1.29 is 18.0 Å². The lowest BCUT2D eigenvalue weighted by atomic mass is 10.1. The van der Waals surface area contributed by atoms with Gasteiger partial charge in [0.05, 0.1) is 11.6 Å². The first kappa shape index (κ1) is 17.1. The van der Waals surface area contributed by atoms with E-state index in [1.54, 1.807) is 6.07 Å². The minimum absolute atomic E-state index is 0.0463. The first-order valence-electron chi connectivity index (χ1n) is 8.31. The highest BCUT2D eigenvalue weighted by atomic mass is 19.4. The van der Waals surface area contributed by atoms with Crippen LogP contribution in [0.4, 0.5) is 18.9 Å². The predicted octanol–water partition coefficient (Wildman–Crippen LogP) is 2.49. The van der Waals surface area contributed by atoms with Crippen LogP contribution in [0.2, 0.25) is 0 Å². The van der Waals surface area contributed by atoms with Gasteiger partial charge in [-0.3, -0.25) is 9.69 Å². The fraction of sp³-hybridized carbons (Fsp3) is 0.588. The van der Waals surface area contributed by atoms with Gasteiger partial charge < -0.3 is 10.2 Å². The van der Waals surface area contributed by atoms with Crippen molar-refractivity contribution in [1.29, 1.82) is 0 Å². The predicted molar refractivity (Wildman–Crippen MR) is 85.9 cm³/mol. The molecular weight excluding hydrogens is 319 g/mol. The van der Waals surface area contributed by atoms with Crippen LogP contribution >= 0.6 is 0 Å². The van der Waals surface area contributed by atoms with E-state index in [4.69, 9.17) is 0 Å². The molecule has 0 bridgehead atoms. The third kappa shape index (κ3) is 4.01. The van der Waals surface area contributed by atoms with Crippen molar-refractivity contribution >= 4 is 11.6 Å². The number of hydrogen-bond donors (Lipinski definition) is 1. The Kier molecular flexibility index (Phi) is 4.71. The molecule has 1 heterocycles. The number of anilines is 1. The van der Waals surface area contributed by atoms with E-state index in [1.165, 1.54) is 12.1 Å². The van der Waals surface area contributed by atoms with E-state index in [0.717, 1.165) is 18.9 Å². The molecular formula is C17H22F3N3O. The van der Waals surface area contributed by atoms with Crippen LogP contribution in [0.15, 0.2) is 24.3 Å². The average Bonchev–Trinajstić information content (AvgIpc) is 3.37. The Morgan fingerprint density at radius 3 is 2.46 bits per heavy atom. The van der Waals surface area contributed by atoms with E-state index < -0.39 is 11.7 Å². The van der Waals surface area contributed by atoms with Crippen LogP contribution in [0.25, 0.3) is 0 Å². The number of carbonyl (C=O) groups is 1. The van der Waals surface area contributed by atoms with Gasteiger partial charge in [0.1, 0.15) is 0 Å². The molecule has 1 aromatic carbocycles. The molecule has 1 amide bonds. The van der Waals surface area contributed by atoms with Gasteiger partial charge in [-0.2, -0.15) is 13.2 Å². The van der Waals surface area contributed by atoms with Gasteiger partial charge in [0, 0.05) is 37.9 Å². The zero-order valence-electron chi connectivity index (χ0n) is 13.6. The molecule has 4 nitrogen and oxygen atoms in total. The van der Waals surface area contributed by atoms with Crippen LogP contribution in [0.5, 0.6) is 0 Å². The summed E-state index contributed by atoms with van der Waals surface area (Å²) >= 11 is 0. The van der Waals surface area contributed by atoms with E-state index in [2.05, 4.69) is 10.2 Å². The molecule has 2 aliphatic rings. The molecule has 1 saturated heterocycles. The molecule has 0 radical (unpaired) electrons. The van der Waals surface area contributed by atoms with Crippen LogP contribution in [0.1, 0.15) is 25.3 Å². The van der Waals surface area contributed by atoms with E-state index >= 15 is 0 Å². The molecule has 24 heavy (non-hydrogen) atoms. The molecule has 2 fully saturated rings. The summed E-state index contributed by atoms with van der Waals surface area (Å²) in [5, 5.41) is 3.00. The molecule has 0 spiro atoms. The lowest BCUT2D eigenvalue weighted by molar-refractivity contribution is -0.137. The van der Waals surface area contributed by atoms with Crippen LogP contribution in [-0.2, 0) is 11.0 Å². The number of nitrogens with one attached hydrogen (secondary N) is 1. The van der Waals surface area contributed by atoms with Gasteiger partial charge in [-0.25, -0.2) is 0 Å². The van der Waals surface area contributed by atoms with Crippen molar-refractivity contribution in [3.05, 3.63) is 29.8 Å². The summed E-state index contributed by atoms with van der Waals surface area (Å²) in [5.41, 5.74) is -0.0424. The summed E-state index contributed by atoms with van der Waals surface area (Å²) in [7, 11) is 0. The maximum atomic E-state index is 12.8. The summed E-state index contributed by atoms with van der Waals surface area (Å²) in [5.74, 6) is 0.0463. The molecule has 132 valence electrons. The lowest BCUT2D eigenvalue weighted by Gasteiger charge is -2.38. The molecule has 0 unspecified atom stereocenters. The van der Waals surface area contributed by atoms with E-state index in [-0.39, 0.29) is 11.9 Å². The summed E-state index contributed by atoms with van der Waals surface area (Å²) in [6.07, 6.45) is -2.21. The van der Waals surface area contributed by atoms with Gasteiger partial charge in [-0.05, 0) is 38.0 Å². The number of rotatable bonds is 4. The van der Waals surface area contributed by atoms with Gasteiger partial charge in [0.2, 0.25) is 5.91 Å². The fourth-order valence-electron chi connectivity index (χ4n) is 2.96. The number of piperazine rings is 1. The number of carbonyl (C=O) groups excluding carboxylic acids is 1. The van der Waals surface area contributed by atoms with Crippen molar-refractivity contribution in [2.75, 3.05) is 31.1 Å².